The third-order valence-electron chi connectivity index (χ3n) is 3.55. The summed E-state index contributed by atoms with van der Waals surface area (Å²) in [4.78, 5) is 11.8. The molecule has 1 fully saturated rings. The van der Waals surface area contributed by atoms with E-state index in [1.54, 1.807) is 0 Å². The molecule has 0 spiro atoms. The average molecular weight is 236 g/mol. The molecule has 1 aliphatic rings. The first kappa shape index (κ1) is 14.0. The molecular weight excluding hydrogens is 212 g/mol. The lowest BCUT2D eigenvalue weighted by Crippen LogP contribution is -2.42. The van der Waals surface area contributed by atoms with Crippen LogP contribution in [0, 0.1) is 22.7 Å². The molecule has 0 saturated heterocycles. The topological polar surface area (TPSA) is 52.9 Å². The van der Waals surface area contributed by atoms with Crippen molar-refractivity contribution in [2.75, 3.05) is 0 Å². The molecule has 0 heterocycles. The summed E-state index contributed by atoms with van der Waals surface area (Å²) in [5, 5.41) is 11.9. The zero-order chi connectivity index (χ0) is 12.9. The van der Waals surface area contributed by atoms with Gasteiger partial charge in [0.1, 0.15) is 6.04 Å². The van der Waals surface area contributed by atoms with Crippen LogP contribution in [-0.2, 0) is 4.79 Å². The molecular formula is C14H24N2O. The van der Waals surface area contributed by atoms with E-state index in [1.807, 2.05) is 20.8 Å². The fraction of sp³-hybridized carbons (Fsp3) is 0.857. The minimum Gasteiger partial charge on any atom is -0.340 e. The van der Waals surface area contributed by atoms with Crippen LogP contribution in [0.1, 0.15) is 59.3 Å². The zero-order valence-corrected chi connectivity index (χ0v) is 11.3. The van der Waals surface area contributed by atoms with E-state index in [1.165, 1.54) is 25.7 Å². The van der Waals surface area contributed by atoms with E-state index in [0.717, 1.165) is 12.3 Å². The van der Waals surface area contributed by atoms with Gasteiger partial charge in [-0.25, -0.2) is 0 Å². The number of amides is 1. The quantitative estimate of drug-likeness (QED) is 0.815. The van der Waals surface area contributed by atoms with Crippen LogP contribution in [0.3, 0.4) is 0 Å². The lowest BCUT2D eigenvalue weighted by atomic mass is 9.87. The summed E-state index contributed by atoms with van der Waals surface area (Å²) in [6.07, 6.45) is 6.72. The van der Waals surface area contributed by atoms with Crippen molar-refractivity contribution >= 4 is 5.91 Å². The summed E-state index contributed by atoms with van der Waals surface area (Å²) in [6.45, 7) is 5.91. The Morgan fingerprint density at radius 3 is 2.47 bits per heavy atom. The molecule has 1 rings (SSSR count). The van der Waals surface area contributed by atoms with E-state index in [4.69, 9.17) is 5.26 Å². The maximum atomic E-state index is 11.8. The van der Waals surface area contributed by atoms with Gasteiger partial charge in [0.15, 0.2) is 0 Å². The van der Waals surface area contributed by atoms with Crippen molar-refractivity contribution in [2.24, 2.45) is 11.3 Å². The average Bonchev–Trinajstić information content (AvgIpc) is 2.74. The Kier molecular flexibility index (Phi) is 4.99. The monoisotopic (exact) mass is 236 g/mol. The molecule has 0 aromatic heterocycles. The maximum Gasteiger partial charge on any atom is 0.221 e. The largest absolute Gasteiger partial charge is 0.340 e. The number of nitriles is 1. The van der Waals surface area contributed by atoms with Crippen molar-refractivity contribution in [1.29, 1.82) is 5.26 Å². The van der Waals surface area contributed by atoms with Gasteiger partial charge in [0.05, 0.1) is 6.07 Å². The van der Waals surface area contributed by atoms with Gasteiger partial charge < -0.3 is 5.32 Å². The van der Waals surface area contributed by atoms with Crippen LogP contribution in [0.15, 0.2) is 0 Å². The molecule has 0 bridgehead atoms. The van der Waals surface area contributed by atoms with Crippen LogP contribution in [0.4, 0.5) is 0 Å². The van der Waals surface area contributed by atoms with Crippen LogP contribution in [-0.4, -0.2) is 11.9 Å². The van der Waals surface area contributed by atoms with E-state index >= 15 is 0 Å². The molecule has 0 aliphatic heterocycles. The predicted octanol–water partition coefficient (Wildman–Crippen LogP) is 3.01. The van der Waals surface area contributed by atoms with Crippen LogP contribution >= 0.6 is 0 Å². The van der Waals surface area contributed by atoms with Crippen molar-refractivity contribution in [2.45, 2.75) is 65.3 Å². The third-order valence-corrected chi connectivity index (χ3v) is 3.55. The first-order valence-electron chi connectivity index (χ1n) is 6.62. The van der Waals surface area contributed by atoms with Gasteiger partial charge in [-0.1, -0.05) is 46.5 Å². The van der Waals surface area contributed by atoms with Crippen molar-refractivity contribution in [3.05, 3.63) is 0 Å². The normalized spacial score (nSPS) is 18.7. The summed E-state index contributed by atoms with van der Waals surface area (Å²) >= 11 is 0. The first-order valence-corrected chi connectivity index (χ1v) is 6.62. The maximum absolute atomic E-state index is 11.8. The smallest absolute Gasteiger partial charge is 0.221 e. The lowest BCUT2D eigenvalue weighted by Gasteiger charge is -2.25. The summed E-state index contributed by atoms with van der Waals surface area (Å²) in [5.41, 5.74) is -0.197. The third kappa shape index (κ3) is 4.77. The molecule has 3 heteroatoms. The molecule has 1 unspecified atom stereocenters. The number of nitrogens with one attached hydrogen (secondary N) is 1. The lowest BCUT2D eigenvalue weighted by molar-refractivity contribution is -0.122. The van der Waals surface area contributed by atoms with E-state index in [2.05, 4.69) is 11.4 Å². The van der Waals surface area contributed by atoms with Crippen LogP contribution in [0.5, 0.6) is 0 Å². The number of nitrogens with zero attached hydrogens (tertiary/aromatic N) is 1. The molecule has 1 amide bonds. The van der Waals surface area contributed by atoms with Gasteiger partial charge in [0.25, 0.3) is 0 Å². The summed E-state index contributed by atoms with van der Waals surface area (Å²) < 4.78 is 0. The van der Waals surface area contributed by atoms with E-state index in [9.17, 15) is 4.79 Å². The van der Waals surface area contributed by atoms with Gasteiger partial charge in [-0.05, 0) is 17.8 Å². The fourth-order valence-electron chi connectivity index (χ4n) is 2.31. The SMILES string of the molecule is CC(C)(C)C(C#N)NC(=O)CCC1CCCC1. The minimum atomic E-state index is -0.390. The Morgan fingerprint density at radius 1 is 1.41 bits per heavy atom. The number of carbonyl (C=O) groups excluding carboxylic acids is 1. The van der Waals surface area contributed by atoms with Crippen molar-refractivity contribution in [3.63, 3.8) is 0 Å². The molecule has 0 aromatic rings. The van der Waals surface area contributed by atoms with E-state index < -0.39 is 6.04 Å². The second-order valence-corrected chi connectivity index (χ2v) is 6.18. The zero-order valence-electron chi connectivity index (χ0n) is 11.3. The van der Waals surface area contributed by atoms with Gasteiger partial charge in [0.2, 0.25) is 5.91 Å². The summed E-state index contributed by atoms with van der Waals surface area (Å²) in [7, 11) is 0. The second kappa shape index (κ2) is 6.05. The molecule has 1 saturated carbocycles. The molecule has 17 heavy (non-hydrogen) atoms. The number of carbonyl (C=O) groups is 1. The van der Waals surface area contributed by atoms with Gasteiger partial charge in [0, 0.05) is 6.42 Å². The van der Waals surface area contributed by atoms with Crippen LogP contribution in [0.2, 0.25) is 0 Å². The van der Waals surface area contributed by atoms with Crippen molar-refractivity contribution in [3.8, 4) is 6.07 Å². The Labute approximate surface area is 105 Å². The van der Waals surface area contributed by atoms with Crippen LogP contribution in [0.25, 0.3) is 0 Å². The van der Waals surface area contributed by atoms with Crippen molar-refractivity contribution in [1.82, 2.24) is 5.32 Å². The molecule has 3 nitrogen and oxygen atoms in total. The van der Waals surface area contributed by atoms with E-state index in [-0.39, 0.29) is 11.3 Å². The second-order valence-electron chi connectivity index (χ2n) is 6.18. The minimum absolute atomic E-state index is 0.0263. The number of hydrogen-bond donors (Lipinski definition) is 1. The summed E-state index contributed by atoms with van der Waals surface area (Å²) in [6, 6.07) is 1.78. The highest BCUT2D eigenvalue weighted by Gasteiger charge is 2.26. The predicted molar refractivity (Wildman–Crippen MR) is 68.2 cm³/mol. The Morgan fingerprint density at radius 2 is 2.00 bits per heavy atom. The van der Waals surface area contributed by atoms with Gasteiger partial charge in [-0.2, -0.15) is 5.26 Å². The molecule has 0 aromatic carbocycles. The highest BCUT2D eigenvalue weighted by Crippen LogP contribution is 2.28. The number of hydrogen-bond acceptors (Lipinski definition) is 2. The molecule has 96 valence electrons. The van der Waals surface area contributed by atoms with Gasteiger partial charge in [-0.15, -0.1) is 0 Å². The molecule has 0 radical (unpaired) electrons. The molecule has 1 aliphatic carbocycles. The first-order chi connectivity index (χ1) is 7.93. The Bertz CT molecular complexity index is 292. The summed E-state index contributed by atoms with van der Waals surface area (Å²) in [5.74, 6) is 0.759. The highest BCUT2D eigenvalue weighted by atomic mass is 16.1. The molecule has 1 N–H and O–H groups in total. The van der Waals surface area contributed by atoms with Crippen molar-refractivity contribution < 1.29 is 4.79 Å². The Hall–Kier alpha value is -1.04. The van der Waals surface area contributed by atoms with Crippen LogP contribution < -0.4 is 5.32 Å². The van der Waals surface area contributed by atoms with E-state index in [0.29, 0.717) is 6.42 Å². The Balaban J connectivity index is 2.30. The standard InChI is InChI=1S/C14H24N2O/c1-14(2,3)12(10-15)16-13(17)9-8-11-6-4-5-7-11/h11-12H,4-9H2,1-3H3,(H,16,17). The highest BCUT2D eigenvalue weighted by molar-refractivity contribution is 5.76. The number of rotatable bonds is 4. The molecule has 1 atom stereocenters. The van der Waals surface area contributed by atoms with Gasteiger partial charge >= 0.3 is 0 Å². The van der Waals surface area contributed by atoms with Gasteiger partial charge in [-0.3, -0.25) is 4.79 Å². The fourth-order valence-corrected chi connectivity index (χ4v) is 2.31.